The van der Waals surface area contributed by atoms with Gasteiger partial charge in [-0.1, -0.05) is 20.8 Å². The van der Waals surface area contributed by atoms with Gasteiger partial charge in [-0.3, -0.25) is 14.6 Å². The molecule has 130 valence electrons. The van der Waals surface area contributed by atoms with Gasteiger partial charge < -0.3 is 10.2 Å². The standard InChI is InChI=1S/C18H26N4O2/c1-12-6-14(8-18(2,3)7-12)21-16(23)13-10-22(11-13)17(24)15-9-19-4-5-20-15/h4-5,9,12-14H,6-8,10-11H2,1-3H3,(H,21,23). The highest BCUT2D eigenvalue weighted by Gasteiger charge is 2.39. The maximum absolute atomic E-state index is 12.4. The predicted octanol–water partition coefficient (Wildman–Crippen LogP) is 1.88. The van der Waals surface area contributed by atoms with Crippen LogP contribution in [0.5, 0.6) is 0 Å². The monoisotopic (exact) mass is 330 g/mol. The molecule has 6 nitrogen and oxygen atoms in total. The number of carbonyl (C=O) groups is 2. The molecule has 1 aliphatic heterocycles. The summed E-state index contributed by atoms with van der Waals surface area (Å²) in [6.45, 7) is 7.73. The zero-order valence-corrected chi connectivity index (χ0v) is 14.7. The normalized spacial score (nSPS) is 26.5. The zero-order chi connectivity index (χ0) is 17.3. The summed E-state index contributed by atoms with van der Waals surface area (Å²) in [5, 5.41) is 3.20. The first kappa shape index (κ1) is 16.9. The largest absolute Gasteiger partial charge is 0.353 e. The third kappa shape index (κ3) is 3.74. The molecular weight excluding hydrogens is 304 g/mol. The van der Waals surface area contributed by atoms with Crippen LogP contribution in [-0.4, -0.2) is 45.8 Å². The highest BCUT2D eigenvalue weighted by molar-refractivity contribution is 5.94. The Bertz CT molecular complexity index is 611. The van der Waals surface area contributed by atoms with Crippen LogP contribution in [0.1, 0.15) is 50.5 Å². The molecule has 1 N–H and O–H groups in total. The quantitative estimate of drug-likeness (QED) is 0.918. The number of rotatable bonds is 3. The van der Waals surface area contributed by atoms with E-state index in [9.17, 15) is 9.59 Å². The summed E-state index contributed by atoms with van der Waals surface area (Å²) < 4.78 is 0. The van der Waals surface area contributed by atoms with E-state index in [1.807, 2.05) is 0 Å². The van der Waals surface area contributed by atoms with E-state index in [1.165, 1.54) is 25.0 Å². The molecule has 2 unspecified atom stereocenters. The van der Waals surface area contributed by atoms with Gasteiger partial charge in [0.2, 0.25) is 5.91 Å². The molecule has 24 heavy (non-hydrogen) atoms. The summed E-state index contributed by atoms with van der Waals surface area (Å²) in [5.74, 6) is 0.453. The van der Waals surface area contributed by atoms with Crippen LogP contribution < -0.4 is 5.32 Å². The van der Waals surface area contributed by atoms with Gasteiger partial charge in [0, 0.05) is 31.5 Å². The lowest BCUT2D eigenvalue weighted by molar-refractivity contribution is -0.130. The Labute approximate surface area is 143 Å². The van der Waals surface area contributed by atoms with Crippen molar-refractivity contribution >= 4 is 11.8 Å². The van der Waals surface area contributed by atoms with Crippen molar-refractivity contribution in [3.05, 3.63) is 24.3 Å². The Morgan fingerprint density at radius 2 is 2.00 bits per heavy atom. The minimum absolute atomic E-state index is 0.0769. The van der Waals surface area contributed by atoms with Crippen molar-refractivity contribution in [1.82, 2.24) is 20.2 Å². The highest BCUT2D eigenvalue weighted by atomic mass is 16.2. The summed E-state index contributed by atoms with van der Waals surface area (Å²) in [7, 11) is 0. The fourth-order valence-electron chi connectivity index (χ4n) is 4.16. The number of nitrogens with one attached hydrogen (secondary N) is 1. The maximum atomic E-state index is 12.4. The van der Waals surface area contributed by atoms with Crippen LogP contribution in [0.2, 0.25) is 0 Å². The Kier molecular flexibility index (Phi) is 4.56. The van der Waals surface area contributed by atoms with Gasteiger partial charge in [-0.15, -0.1) is 0 Å². The van der Waals surface area contributed by atoms with Gasteiger partial charge in [-0.2, -0.15) is 0 Å². The molecule has 2 aliphatic rings. The summed E-state index contributed by atoms with van der Waals surface area (Å²) in [5.41, 5.74) is 0.614. The topological polar surface area (TPSA) is 75.2 Å². The Morgan fingerprint density at radius 1 is 1.25 bits per heavy atom. The number of aromatic nitrogens is 2. The smallest absolute Gasteiger partial charge is 0.274 e. The predicted molar refractivity (Wildman–Crippen MR) is 90.2 cm³/mol. The van der Waals surface area contributed by atoms with Crippen molar-refractivity contribution in [2.45, 2.75) is 46.1 Å². The van der Waals surface area contributed by atoms with Gasteiger partial charge in [-0.05, 0) is 30.6 Å². The van der Waals surface area contributed by atoms with Crippen LogP contribution in [0.3, 0.4) is 0 Å². The van der Waals surface area contributed by atoms with Crippen LogP contribution in [0.25, 0.3) is 0 Å². The first-order valence-corrected chi connectivity index (χ1v) is 8.70. The molecule has 1 saturated carbocycles. The van der Waals surface area contributed by atoms with E-state index in [1.54, 1.807) is 4.90 Å². The van der Waals surface area contributed by atoms with Gasteiger partial charge in [0.05, 0.1) is 12.1 Å². The van der Waals surface area contributed by atoms with E-state index >= 15 is 0 Å². The van der Waals surface area contributed by atoms with Crippen molar-refractivity contribution in [2.24, 2.45) is 17.3 Å². The Morgan fingerprint density at radius 3 is 2.62 bits per heavy atom. The molecule has 0 aromatic carbocycles. The van der Waals surface area contributed by atoms with Gasteiger partial charge in [0.1, 0.15) is 5.69 Å². The second-order valence-electron chi connectivity index (χ2n) is 8.12. The van der Waals surface area contributed by atoms with Crippen LogP contribution in [-0.2, 0) is 4.79 Å². The zero-order valence-electron chi connectivity index (χ0n) is 14.7. The first-order chi connectivity index (χ1) is 11.3. The number of nitrogens with zero attached hydrogens (tertiary/aromatic N) is 3. The SMILES string of the molecule is CC1CC(NC(=O)C2CN(C(=O)c3cnccn3)C2)CC(C)(C)C1. The Balaban J connectivity index is 1.49. The number of amides is 2. The Hall–Kier alpha value is -1.98. The molecule has 1 aromatic rings. The molecule has 0 spiro atoms. The van der Waals surface area contributed by atoms with E-state index in [0.717, 1.165) is 12.8 Å². The molecule has 1 aromatic heterocycles. The number of hydrogen-bond donors (Lipinski definition) is 1. The molecule has 2 heterocycles. The molecule has 0 radical (unpaired) electrons. The van der Waals surface area contributed by atoms with E-state index in [-0.39, 0.29) is 29.2 Å². The van der Waals surface area contributed by atoms with Crippen LogP contribution in [0.4, 0.5) is 0 Å². The number of carbonyl (C=O) groups excluding carboxylic acids is 2. The van der Waals surface area contributed by atoms with Crippen molar-refractivity contribution in [1.29, 1.82) is 0 Å². The summed E-state index contributed by atoms with van der Waals surface area (Å²) >= 11 is 0. The van der Waals surface area contributed by atoms with Gasteiger partial charge in [0.15, 0.2) is 0 Å². The molecular formula is C18H26N4O2. The van der Waals surface area contributed by atoms with E-state index in [4.69, 9.17) is 0 Å². The average molecular weight is 330 g/mol. The van der Waals surface area contributed by atoms with E-state index < -0.39 is 0 Å². The summed E-state index contributed by atoms with van der Waals surface area (Å²) in [6.07, 6.45) is 7.78. The van der Waals surface area contributed by atoms with Crippen molar-refractivity contribution in [3.8, 4) is 0 Å². The molecule has 6 heteroatoms. The molecule has 1 aliphatic carbocycles. The highest BCUT2D eigenvalue weighted by Crippen LogP contribution is 2.38. The fraction of sp³-hybridized carbons (Fsp3) is 0.667. The molecule has 1 saturated heterocycles. The van der Waals surface area contributed by atoms with E-state index in [2.05, 4.69) is 36.1 Å². The summed E-state index contributed by atoms with van der Waals surface area (Å²) in [6, 6.07) is 0.251. The minimum Gasteiger partial charge on any atom is -0.353 e. The van der Waals surface area contributed by atoms with Crippen molar-refractivity contribution in [3.63, 3.8) is 0 Å². The second-order valence-corrected chi connectivity index (χ2v) is 8.12. The molecule has 2 amide bonds. The maximum Gasteiger partial charge on any atom is 0.274 e. The van der Waals surface area contributed by atoms with Gasteiger partial charge in [-0.25, -0.2) is 4.98 Å². The minimum atomic E-state index is -0.153. The second kappa shape index (κ2) is 6.49. The average Bonchev–Trinajstić information content (AvgIpc) is 2.44. The molecule has 3 rings (SSSR count). The molecule has 2 atom stereocenters. The van der Waals surface area contributed by atoms with Gasteiger partial charge in [0.25, 0.3) is 5.91 Å². The van der Waals surface area contributed by atoms with Crippen molar-refractivity contribution < 1.29 is 9.59 Å². The van der Waals surface area contributed by atoms with Crippen LogP contribution in [0, 0.1) is 17.3 Å². The van der Waals surface area contributed by atoms with Gasteiger partial charge >= 0.3 is 0 Å². The van der Waals surface area contributed by atoms with Crippen LogP contribution >= 0.6 is 0 Å². The number of likely N-dealkylation sites (tertiary alicyclic amines) is 1. The lowest BCUT2D eigenvalue weighted by atomic mass is 9.70. The van der Waals surface area contributed by atoms with E-state index in [0.29, 0.717) is 24.7 Å². The third-order valence-corrected chi connectivity index (χ3v) is 5.06. The molecule has 0 bridgehead atoms. The summed E-state index contributed by atoms with van der Waals surface area (Å²) in [4.78, 5) is 34.2. The molecule has 2 fully saturated rings. The van der Waals surface area contributed by atoms with Crippen molar-refractivity contribution in [2.75, 3.05) is 13.1 Å². The lowest BCUT2D eigenvalue weighted by Gasteiger charge is -2.42. The fourth-order valence-corrected chi connectivity index (χ4v) is 4.16. The van der Waals surface area contributed by atoms with Crippen LogP contribution in [0.15, 0.2) is 18.6 Å². The third-order valence-electron chi connectivity index (χ3n) is 5.06. The first-order valence-electron chi connectivity index (χ1n) is 8.70. The lowest BCUT2D eigenvalue weighted by Crippen LogP contribution is -2.57. The number of hydrogen-bond acceptors (Lipinski definition) is 4.